The van der Waals surface area contributed by atoms with Crippen molar-refractivity contribution in [2.24, 2.45) is 0 Å². The molecule has 0 saturated heterocycles. The van der Waals surface area contributed by atoms with Crippen LogP contribution in [0.2, 0.25) is 0 Å². The van der Waals surface area contributed by atoms with Crippen molar-refractivity contribution in [2.75, 3.05) is 12.5 Å². The maximum absolute atomic E-state index is 12.0. The fourth-order valence-corrected chi connectivity index (χ4v) is 6.99. The van der Waals surface area contributed by atoms with E-state index in [1.807, 2.05) is 12.1 Å². The Labute approximate surface area is 248 Å². The molecule has 0 bridgehead atoms. The minimum atomic E-state index is -4.29. The summed E-state index contributed by atoms with van der Waals surface area (Å²) in [5.41, 5.74) is 7.51. The van der Waals surface area contributed by atoms with Gasteiger partial charge in [0.2, 0.25) is 0 Å². The van der Waals surface area contributed by atoms with E-state index in [1.54, 1.807) is 18.6 Å². The predicted octanol–water partition coefficient (Wildman–Crippen LogP) is 7.04. The Morgan fingerprint density at radius 2 is 1.18 bits per heavy atom. The summed E-state index contributed by atoms with van der Waals surface area (Å²) in [6, 6.07) is 20.2. The number of fused-ring (bicyclic) bond motifs is 3. The van der Waals surface area contributed by atoms with E-state index in [4.69, 9.17) is 0 Å². The van der Waals surface area contributed by atoms with Gasteiger partial charge in [0.05, 0.1) is 0 Å². The standard InChI is InChI=1S/C27H31O3PS.C2H6OS.CH3.Pd/c1-26(2,3)17-11-13-19-20-14-12-18(27(4,5)6)16-22(20)25(21(19)15-17)31-23-9-7-8-10-24(23)32(28,29)30;1-4(2)3;;/h7-16,25,31H,1-6H3,(H,28,29,30);1-2H3;1H3;/q;;-1;. The third kappa shape index (κ3) is 8.17. The van der Waals surface area contributed by atoms with Crippen LogP contribution < -0.4 is 5.30 Å². The zero-order valence-corrected chi connectivity index (χ0v) is 27.8. The maximum Gasteiger partial charge on any atom is 0.295 e. The Morgan fingerprint density at radius 3 is 1.55 bits per heavy atom. The van der Waals surface area contributed by atoms with Crippen LogP contribution in [-0.2, 0) is 52.2 Å². The minimum Gasteiger partial charge on any atom is -0.358 e. The molecule has 0 aromatic heterocycles. The van der Waals surface area contributed by atoms with Gasteiger partial charge in [-0.25, -0.2) is 0 Å². The van der Waals surface area contributed by atoms with Crippen molar-refractivity contribution >= 4 is 34.8 Å². The monoisotopic (exact) mass is 665 g/mol. The van der Waals surface area contributed by atoms with Crippen molar-refractivity contribution in [1.82, 2.24) is 0 Å². The molecule has 4 rings (SSSR count). The molecular formula is C30H40O4PPdS2-. The van der Waals surface area contributed by atoms with Crippen LogP contribution in [0.15, 0.2) is 65.6 Å². The Kier molecular flexibility index (Phi) is 11.9. The molecule has 1 atom stereocenters. The second-order valence-corrected chi connectivity index (χ2v) is 15.7. The summed E-state index contributed by atoms with van der Waals surface area (Å²) in [7, 11) is -4.71. The number of rotatable bonds is 3. The van der Waals surface area contributed by atoms with E-state index in [0.717, 1.165) is 0 Å². The van der Waals surface area contributed by atoms with Crippen LogP contribution in [0.1, 0.15) is 69.5 Å². The molecule has 8 heteroatoms. The van der Waals surface area contributed by atoms with E-state index in [0.29, 0.717) is 5.30 Å². The zero-order valence-electron chi connectivity index (χ0n) is 23.7. The van der Waals surface area contributed by atoms with Crippen molar-refractivity contribution in [3.05, 3.63) is 90.3 Å². The average molecular weight is 666 g/mol. The summed E-state index contributed by atoms with van der Waals surface area (Å²) < 4.78 is 43.5. The van der Waals surface area contributed by atoms with E-state index >= 15 is 0 Å². The third-order valence-corrected chi connectivity index (χ3v) is 8.96. The smallest absolute Gasteiger partial charge is 0.295 e. The molecule has 0 fully saturated rings. The molecule has 1 unspecified atom stereocenters. The van der Waals surface area contributed by atoms with Gasteiger partial charge in [0, 0.05) is 49.4 Å². The molecule has 0 saturated carbocycles. The fraction of sp³-hybridized carbons (Fsp3) is 0.367. The first-order valence-corrected chi connectivity index (χ1v) is 16.4. The molecule has 3 aromatic rings. The van der Waals surface area contributed by atoms with E-state index in [2.05, 4.69) is 77.9 Å². The van der Waals surface area contributed by atoms with Gasteiger partial charge in [-0.05, 0) is 55.6 Å². The largest absolute Gasteiger partial charge is 0.358 e. The summed E-state index contributed by atoms with van der Waals surface area (Å²) in [4.78, 5) is 0.00675. The Hall–Kier alpha value is -1.19. The van der Waals surface area contributed by atoms with E-state index in [1.165, 1.54) is 39.4 Å². The molecule has 1 aliphatic rings. The molecule has 38 heavy (non-hydrogen) atoms. The van der Waals surface area contributed by atoms with Crippen molar-refractivity contribution in [3.8, 4) is 11.1 Å². The van der Waals surface area contributed by atoms with Gasteiger partial charge in [-0.15, -0.1) is 0 Å². The molecule has 0 radical (unpaired) electrons. The van der Waals surface area contributed by atoms with Crippen molar-refractivity contribution in [1.29, 1.82) is 0 Å². The molecule has 0 aliphatic heterocycles. The second kappa shape index (κ2) is 13.0. The van der Waals surface area contributed by atoms with Gasteiger partial charge in [-0.3, -0.25) is 8.76 Å². The molecule has 4 nitrogen and oxygen atoms in total. The van der Waals surface area contributed by atoms with Gasteiger partial charge < -0.3 is 7.43 Å². The molecule has 212 valence electrons. The number of hydrogen-bond acceptors (Lipinski definition) is 3. The van der Waals surface area contributed by atoms with Gasteiger partial charge in [-0.1, -0.05) is 105 Å². The molecule has 0 heterocycles. The summed E-state index contributed by atoms with van der Waals surface area (Å²) in [5, 5.41) is 0.668. The average Bonchev–Trinajstić information content (AvgIpc) is 3.04. The summed E-state index contributed by atoms with van der Waals surface area (Å²) in [6.45, 7) is 13.2. The zero-order chi connectivity index (χ0) is 27.1. The number of hydrogen-bond donors (Lipinski definition) is 1. The fourth-order valence-electron chi connectivity index (χ4n) is 4.32. The quantitative estimate of drug-likeness (QED) is 0.141. The van der Waals surface area contributed by atoms with Crippen LogP contribution in [0.25, 0.3) is 11.1 Å². The second-order valence-electron chi connectivity index (χ2n) is 11.4. The van der Waals surface area contributed by atoms with Crippen LogP contribution >= 0.6 is 8.58 Å². The van der Waals surface area contributed by atoms with E-state index in [-0.39, 0.29) is 57.8 Å². The summed E-state index contributed by atoms with van der Waals surface area (Å²) in [5.74, 6) is 0. The van der Waals surface area contributed by atoms with Gasteiger partial charge in [0.1, 0.15) is 4.90 Å². The molecule has 3 aromatic carbocycles. The maximum atomic E-state index is 12.0. The summed E-state index contributed by atoms with van der Waals surface area (Å²) in [6.07, 6.45) is 3.28. The van der Waals surface area contributed by atoms with Crippen LogP contribution in [0.4, 0.5) is 0 Å². The van der Waals surface area contributed by atoms with Crippen LogP contribution in [0.5, 0.6) is 0 Å². The molecule has 1 aliphatic carbocycles. The SMILES string of the molecule is CC(C)(C)c1ccc2c(c1)C(Pc1ccccc1S(=O)(=O)O)c1cc(C(C)(C)C)ccc1-2.CS(C)=O.[CH3-].[Pd]. The van der Waals surface area contributed by atoms with Crippen LogP contribution in [-0.4, -0.2) is 29.7 Å². The first kappa shape index (κ1) is 34.8. The van der Waals surface area contributed by atoms with Gasteiger partial charge in [0.15, 0.2) is 0 Å². The van der Waals surface area contributed by atoms with Crippen molar-refractivity contribution in [2.45, 2.75) is 62.9 Å². The number of benzene rings is 3. The molecule has 0 spiro atoms. The summed E-state index contributed by atoms with van der Waals surface area (Å²) >= 11 is 0. The van der Waals surface area contributed by atoms with Gasteiger partial charge in [-0.2, -0.15) is 8.42 Å². The third-order valence-electron chi connectivity index (χ3n) is 6.21. The first-order chi connectivity index (χ1) is 16.5. The van der Waals surface area contributed by atoms with Crippen LogP contribution in [0.3, 0.4) is 0 Å². The minimum absolute atomic E-state index is 0. The van der Waals surface area contributed by atoms with Gasteiger partial charge >= 0.3 is 0 Å². The molecule has 0 amide bonds. The Morgan fingerprint density at radius 1 is 0.789 bits per heavy atom. The predicted molar refractivity (Wildman–Crippen MR) is 162 cm³/mol. The van der Waals surface area contributed by atoms with Crippen molar-refractivity contribution < 1.29 is 37.6 Å². The molecule has 1 N–H and O–H groups in total. The Bertz CT molecular complexity index is 1340. The van der Waals surface area contributed by atoms with Crippen molar-refractivity contribution in [3.63, 3.8) is 0 Å². The topological polar surface area (TPSA) is 71.4 Å². The first-order valence-electron chi connectivity index (χ1n) is 11.9. The van der Waals surface area contributed by atoms with E-state index < -0.39 is 20.9 Å². The van der Waals surface area contributed by atoms with Gasteiger partial charge in [0.25, 0.3) is 10.1 Å². The van der Waals surface area contributed by atoms with Crippen LogP contribution in [0, 0.1) is 7.43 Å². The Balaban J connectivity index is 0.00000113. The molecular weight excluding hydrogens is 626 g/mol. The normalized spacial score (nSPS) is 13.3. The van der Waals surface area contributed by atoms with E-state index in [9.17, 15) is 17.2 Å².